The van der Waals surface area contributed by atoms with Crippen LogP contribution in [0.3, 0.4) is 0 Å². The van der Waals surface area contributed by atoms with Crippen LogP contribution in [0.5, 0.6) is 0 Å². The van der Waals surface area contributed by atoms with Crippen LogP contribution in [0.1, 0.15) is 223 Å². The van der Waals surface area contributed by atoms with Gasteiger partial charge in [-0.2, -0.15) is 0 Å². The molecular weight excluding hydrogens is 1420 g/mol. The van der Waals surface area contributed by atoms with Crippen LogP contribution >= 0.6 is 0 Å². The molecule has 0 spiro atoms. The quantitative estimate of drug-likeness (QED) is 0.0242. The number of methoxy groups -OCH3 is 1. The third-order valence-electron chi connectivity index (χ3n) is 22.9. The van der Waals surface area contributed by atoms with E-state index in [2.05, 4.69) is 6.92 Å². The third-order valence-corrected chi connectivity index (χ3v) is 22.9. The summed E-state index contributed by atoms with van der Waals surface area (Å²) in [7, 11) is 1.46. The second-order valence-corrected chi connectivity index (χ2v) is 32.0. The first-order valence-corrected chi connectivity index (χ1v) is 40.0. The average Bonchev–Trinajstić information content (AvgIpc) is 0.865. The molecule has 0 radical (unpaired) electrons. The van der Waals surface area contributed by atoms with Crippen molar-refractivity contribution in [3.63, 3.8) is 0 Å². The Bertz CT molecular complexity index is 2610. The molecule has 5 aliphatic rings. The molecule has 4 fully saturated rings. The lowest BCUT2D eigenvalue weighted by atomic mass is 9.77. The molecule has 0 saturated carbocycles. The van der Waals surface area contributed by atoms with Gasteiger partial charge in [0.1, 0.15) is 61.0 Å². The summed E-state index contributed by atoms with van der Waals surface area (Å²) in [5.74, 6) is -11.2. The standard InChI is InChI=1S/C78H138O30/c1-11-13-14-15-16-17-18-19-20-23-49(81)33-54(86)37-63(91)102-60-39-64(101-47(9)73(60)100-10)103-59(12-2)43(5)65(92)44(6)66(93)45(7)71-46(8)72-74(106-72)56(87)27-22-26-50(82)32-52(84)34-53(85)35-55-38-58(89)75(97)78(99,108-55)76(98)70(107-77-69(96)68(95)67(94)61(40-79)104-77)42(4)28-30-48(80)24-21-25-51(83)36-57(88)41(3)29-31-62(90)105-71/h20,23,29,31,41-61,64-75,77,79-89,92-97,99H,11-19,21-22,24-28,30,32-40H2,1-10H3/b23-20+,31-29-/t41?,42?,43?,44?,45?,46?,47-,48?,49?,50?,51?,52?,53?,54?,55?,56?,57?,58?,59?,60-,61-,64+,65?,66?,67-,68+,69+,70?,71?,72?,73-,74?,75?,77-,78?/m1/s1. The van der Waals surface area contributed by atoms with Gasteiger partial charge in [-0.25, -0.2) is 4.79 Å². The van der Waals surface area contributed by atoms with Crippen molar-refractivity contribution >= 4 is 17.7 Å². The molecule has 0 aromatic heterocycles. The summed E-state index contributed by atoms with van der Waals surface area (Å²) >= 11 is 0. The molecule has 108 heavy (non-hydrogen) atoms. The van der Waals surface area contributed by atoms with Crippen molar-refractivity contribution in [2.45, 2.75) is 400 Å². The Balaban J connectivity index is 1.27. The molecule has 5 rings (SSSR count). The molecule has 5 heterocycles. The van der Waals surface area contributed by atoms with Gasteiger partial charge < -0.3 is 135 Å². The lowest BCUT2D eigenvalue weighted by Crippen LogP contribution is -2.66. The molecule has 630 valence electrons. The first kappa shape index (κ1) is 95.7. The molecule has 0 aromatic rings. The summed E-state index contributed by atoms with van der Waals surface area (Å²) in [6, 6.07) is 0. The number of esters is 2. The number of hydrogen-bond donors (Lipinski definition) is 18. The number of carbonyl (C=O) groups is 3. The first-order valence-electron chi connectivity index (χ1n) is 40.0. The Kier molecular flexibility index (Phi) is 41.8. The molecule has 4 saturated heterocycles. The van der Waals surface area contributed by atoms with E-state index in [9.17, 15) is 106 Å². The van der Waals surface area contributed by atoms with E-state index < -0.39 is 250 Å². The topological polar surface area (TPSA) is 502 Å². The van der Waals surface area contributed by atoms with Crippen LogP contribution in [-0.2, 0) is 57.0 Å². The number of fused-ring (bicyclic) bond motifs is 3. The molecule has 30 nitrogen and oxygen atoms in total. The average molecular weight is 1560 g/mol. The van der Waals surface area contributed by atoms with E-state index in [0.29, 0.717) is 6.42 Å². The summed E-state index contributed by atoms with van der Waals surface area (Å²) in [4.78, 5) is 41.9. The summed E-state index contributed by atoms with van der Waals surface area (Å²) in [6.07, 6.45) is -22.1. The lowest BCUT2D eigenvalue weighted by Gasteiger charge is -2.46. The minimum absolute atomic E-state index is 0.0378. The van der Waals surface area contributed by atoms with Crippen molar-refractivity contribution in [2.75, 3.05) is 13.7 Å². The van der Waals surface area contributed by atoms with E-state index in [4.69, 9.17) is 42.6 Å². The third kappa shape index (κ3) is 29.4. The van der Waals surface area contributed by atoms with Crippen LogP contribution in [-0.4, -0.2) is 300 Å². The summed E-state index contributed by atoms with van der Waals surface area (Å²) in [5.41, 5.74) is 0. The molecule has 5 aliphatic heterocycles. The predicted octanol–water partition coefficient (Wildman–Crippen LogP) is 1.99. The lowest BCUT2D eigenvalue weighted by molar-refractivity contribution is -0.328. The SMILES string of the molecule is CCCCCCCCC/C=C/C(O)CC(O)CC(=O)O[C@@H]1C[C@H](OC(CC)C(C)C(O)C(C)C(O)C(C)C2OC(=O)/C=C\C(C)C(O)CC(O)CCCC(O)CCC(C)C(O[C@H]3O[C@H](CO)[C@@H](O)[C@H](O)[C@@H]3O)C(=O)C3(O)OC(CC(O)CC(O)CC(O)CCCC(O)C4OC4C2C)CC(O)C3O)O[C@H](C)[C@H]1OC. The number of epoxide rings is 1. The van der Waals surface area contributed by atoms with Crippen molar-refractivity contribution in [3.8, 4) is 0 Å². The Morgan fingerprint density at radius 3 is 1.95 bits per heavy atom. The molecule has 0 aromatic carbocycles. The number of cyclic esters (lactones) is 1. The molecular formula is C78H138O30. The van der Waals surface area contributed by atoms with Gasteiger partial charge in [0.15, 0.2) is 12.6 Å². The van der Waals surface area contributed by atoms with Crippen LogP contribution < -0.4 is 0 Å². The first-order chi connectivity index (χ1) is 51.0. The highest BCUT2D eigenvalue weighted by Gasteiger charge is 2.58. The van der Waals surface area contributed by atoms with Crippen LogP contribution in [0.25, 0.3) is 0 Å². The largest absolute Gasteiger partial charge is 0.459 e. The van der Waals surface area contributed by atoms with Crippen LogP contribution in [0.2, 0.25) is 0 Å². The van der Waals surface area contributed by atoms with Gasteiger partial charge in [-0.1, -0.05) is 112 Å². The highest BCUT2D eigenvalue weighted by atomic mass is 16.7. The van der Waals surface area contributed by atoms with E-state index in [0.717, 1.165) is 25.3 Å². The normalized spacial score (nSPS) is 40.2. The van der Waals surface area contributed by atoms with E-state index in [1.807, 2.05) is 13.0 Å². The molecule has 0 amide bonds. The number of unbranched alkanes of at least 4 members (excludes halogenated alkanes) is 7. The molecule has 0 aliphatic carbocycles. The molecule has 26 unspecified atom stereocenters. The molecule has 2 bridgehead atoms. The smallest absolute Gasteiger partial charge is 0.330 e. The van der Waals surface area contributed by atoms with Crippen LogP contribution in [0.4, 0.5) is 0 Å². The number of ketones is 1. The number of hydrogen-bond acceptors (Lipinski definition) is 30. The molecule has 30 heteroatoms. The minimum atomic E-state index is -3.27. The second-order valence-electron chi connectivity index (χ2n) is 32.0. The Hall–Kier alpha value is -2.91. The highest BCUT2D eigenvalue weighted by Crippen LogP contribution is 2.42. The maximum atomic E-state index is 14.6. The number of Topliss-reactive ketones (excluding diaryl/α,β-unsaturated/α-hetero) is 1. The number of allylic oxidation sites excluding steroid dienone is 1. The zero-order chi connectivity index (χ0) is 80.4. The second kappa shape index (κ2) is 47.2. The van der Waals surface area contributed by atoms with E-state index in [1.54, 1.807) is 47.6 Å². The molecule has 18 N–H and O–H groups in total. The fraction of sp³-hybridized carbons (Fsp3) is 0.910. The fourth-order valence-electron chi connectivity index (χ4n) is 15.8. The van der Waals surface area contributed by atoms with Gasteiger partial charge in [-0.15, -0.1) is 0 Å². The van der Waals surface area contributed by atoms with Crippen molar-refractivity contribution in [3.05, 3.63) is 24.3 Å². The number of aliphatic hydroxyl groups excluding tert-OH is 17. The minimum Gasteiger partial charge on any atom is -0.459 e. The number of aliphatic hydroxyl groups is 18. The van der Waals surface area contributed by atoms with Gasteiger partial charge in [-0.05, 0) is 109 Å². The Morgan fingerprint density at radius 1 is 0.667 bits per heavy atom. The maximum absolute atomic E-state index is 14.6. The van der Waals surface area contributed by atoms with Crippen molar-refractivity contribution in [1.29, 1.82) is 0 Å². The number of ether oxygens (including phenoxy) is 9. The van der Waals surface area contributed by atoms with Crippen molar-refractivity contribution in [1.82, 2.24) is 0 Å². The number of carbonyl (C=O) groups excluding carboxylic acids is 3. The van der Waals surface area contributed by atoms with Crippen LogP contribution in [0, 0.1) is 35.5 Å². The Morgan fingerprint density at radius 2 is 1.30 bits per heavy atom. The van der Waals surface area contributed by atoms with Crippen molar-refractivity contribution in [2.24, 2.45) is 35.5 Å². The zero-order valence-corrected chi connectivity index (χ0v) is 65.3. The van der Waals surface area contributed by atoms with Crippen LogP contribution in [0.15, 0.2) is 24.3 Å². The van der Waals surface area contributed by atoms with Gasteiger partial charge in [0.2, 0.25) is 5.78 Å². The zero-order valence-electron chi connectivity index (χ0n) is 65.3. The molecule has 35 atom stereocenters. The van der Waals surface area contributed by atoms with Gasteiger partial charge in [0, 0.05) is 62.0 Å². The van der Waals surface area contributed by atoms with E-state index >= 15 is 0 Å². The fourth-order valence-corrected chi connectivity index (χ4v) is 15.8. The summed E-state index contributed by atoms with van der Waals surface area (Å²) < 4.78 is 53.9. The van der Waals surface area contributed by atoms with Gasteiger partial charge >= 0.3 is 11.9 Å². The highest BCUT2D eigenvalue weighted by molar-refractivity contribution is 5.91. The van der Waals surface area contributed by atoms with Crippen molar-refractivity contribution < 1.29 is 149 Å². The summed E-state index contributed by atoms with van der Waals surface area (Å²) in [5, 5.41) is 200. The van der Waals surface area contributed by atoms with Gasteiger partial charge in [0.25, 0.3) is 5.79 Å². The summed E-state index contributed by atoms with van der Waals surface area (Å²) in [6.45, 7) is 14.8. The number of rotatable bonds is 27. The monoisotopic (exact) mass is 1550 g/mol. The van der Waals surface area contributed by atoms with Gasteiger partial charge in [-0.3, -0.25) is 9.59 Å². The maximum Gasteiger partial charge on any atom is 0.330 e. The van der Waals surface area contributed by atoms with E-state index in [-0.39, 0.29) is 89.9 Å². The Labute approximate surface area is 637 Å². The van der Waals surface area contributed by atoms with E-state index in [1.165, 1.54) is 52.2 Å². The predicted molar refractivity (Wildman–Crippen MR) is 390 cm³/mol. The van der Waals surface area contributed by atoms with Gasteiger partial charge in [0.05, 0.1) is 111 Å².